The van der Waals surface area contributed by atoms with E-state index in [0.717, 1.165) is 5.56 Å². The third-order valence-electron chi connectivity index (χ3n) is 1.73. The lowest BCUT2D eigenvalue weighted by atomic mass is 10.1. The van der Waals surface area contributed by atoms with E-state index in [2.05, 4.69) is 0 Å². The normalized spacial score (nSPS) is 13.4. The summed E-state index contributed by atoms with van der Waals surface area (Å²) in [6, 6.07) is 7.57. The molecule has 0 aliphatic rings. The van der Waals surface area contributed by atoms with E-state index in [1.165, 1.54) is 5.56 Å². The van der Waals surface area contributed by atoms with Crippen LogP contribution in [0.15, 0.2) is 24.3 Å². The van der Waals surface area contributed by atoms with Crippen molar-refractivity contribution in [2.75, 3.05) is 0 Å². The molecule has 0 aliphatic heterocycles. The summed E-state index contributed by atoms with van der Waals surface area (Å²) in [7, 11) is 0. The molecule has 2 N–H and O–H groups in total. The maximum atomic E-state index is 5.72. The van der Waals surface area contributed by atoms with E-state index in [-0.39, 0.29) is 6.04 Å². The summed E-state index contributed by atoms with van der Waals surface area (Å²) in [6.07, 6.45) is 0. The summed E-state index contributed by atoms with van der Waals surface area (Å²) in [6.45, 7) is 2.02. The van der Waals surface area contributed by atoms with Crippen molar-refractivity contribution in [1.29, 1.82) is 0 Å². The minimum absolute atomic E-state index is 0.297. The Labute approximate surface area is 82.5 Å². The lowest BCUT2D eigenvalue weighted by Gasteiger charge is -2.12. The molecule has 1 aromatic rings. The molecular formula is C9H11Cl2N. The molecule has 1 unspecified atom stereocenters. The predicted molar refractivity (Wildman–Crippen MR) is 53.6 cm³/mol. The summed E-state index contributed by atoms with van der Waals surface area (Å²) in [5.41, 5.74) is 7.89. The van der Waals surface area contributed by atoms with Crippen molar-refractivity contribution in [3.8, 4) is 0 Å². The first-order valence-electron chi connectivity index (χ1n) is 3.71. The monoisotopic (exact) mass is 203 g/mol. The second-order valence-electron chi connectivity index (χ2n) is 2.77. The Balaban J connectivity index is 2.82. The van der Waals surface area contributed by atoms with Crippen molar-refractivity contribution in [2.45, 2.75) is 17.8 Å². The van der Waals surface area contributed by atoms with Crippen LogP contribution in [0.25, 0.3) is 0 Å². The van der Waals surface area contributed by atoms with E-state index in [0.29, 0.717) is 0 Å². The number of hydrogen-bond donors (Lipinski definition) is 1. The van der Waals surface area contributed by atoms with E-state index in [4.69, 9.17) is 28.9 Å². The largest absolute Gasteiger partial charge is 0.322 e. The van der Waals surface area contributed by atoms with Crippen LogP contribution in [0.4, 0.5) is 0 Å². The minimum atomic E-state index is -0.548. The number of hydrogen-bond acceptors (Lipinski definition) is 1. The average molecular weight is 204 g/mol. The number of halogens is 2. The fourth-order valence-corrected chi connectivity index (χ4v) is 1.23. The molecule has 1 nitrogen and oxygen atoms in total. The molecule has 0 spiro atoms. The van der Waals surface area contributed by atoms with Crippen molar-refractivity contribution < 1.29 is 0 Å². The van der Waals surface area contributed by atoms with Gasteiger partial charge < -0.3 is 5.73 Å². The number of nitrogens with two attached hydrogens (primary N) is 1. The maximum Gasteiger partial charge on any atom is 0.127 e. The molecule has 3 heteroatoms. The molecule has 0 radical (unpaired) electrons. The van der Waals surface area contributed by atoms with Crippen LogP contribution in [0.3, 0.4) is 0 Å². The third kappa shape index (κ3) is 2.37. The molecule has 0 aliphatic carbocycles. The van der Waals surface area contributed by atoms with E-state index in [1.54, 1.807) is 0 Å². The standard InChI is InChI=1S/C9H11Cl2N/c1-6-2-4-7(5-3-6)8(12)9(10)11/h2-5,8-9H,12H2,1H3. The second kappa shape index (κ2) is 4.13. The van der Waals surface area contributed by atoms with E-state index >= 15 is 0 Å². The topological polar surface area (TPSA) is 26.0 Å². The zero-order chi connectivity index (χ0) is 9.14. The molecule has 1 atom stereocenters. The van der Waals surface area contributed by atoms with Crippen molar-refractivity contribution in [3.05, 3.63) is 35.4 Å². The fraction of sp³-hybridized carbons (Fsp3) is 0.333. The number of rotatable bonds is 2. The molecule has 0 fully saturated rings. The highest BCUT2D eigenvalue weighted by Crippen LogP contribution is 2.21. The molecule has 0 bridgehead atoms. The smallest absolute Gasteiger partial charge is 0.127 e. The van der Waals surface area contributed by atoms with Crippen LogP contribution in [0.5, 0.6) is 0 Å². The van der Waals surface area contributed by atoms with Crippen LogP contribution in [0.1, 0.15) is 17.2 Å². The zero-order valence-electron chi connectivity index (χ0n) is 6.80. The van der Waals surface area contributed by atoms with Gasteiger partial charge >= 0.3 is 0 Å². The third-order valence-corrected chi connectivity index (χ3v) is 2.28. The van der Waals surface area contributed by atoms with Crippen molar-refractivity contribution in [3.63, 3.8) is 0 Å². The van der Waals surface area contributed by atoms with Gasteiger partial charge in [0.05, 0.1) is 6.04 Å². The lowest BCUT2D eigenvalue weighted by Crippen LogP contribution is -2.17. The second-order valence-corrected chi connectivity index (χ2v) is 3.93. The summed E-state index contributed by atoms with van der Waals surface area (Å²) < 4.78 is 0. The Morgan fingerprint density at radius 1 is 1.17 bits per heavy atom. The van der Waals surface area contributed by atoms with Gasteiger partial charge in [-0.05, 0) is 12.5 Å². The van der Waals surface area contributed by atoms with Gasteiger partial charge in [0.15, 0.2) is 0 Å². The van der Waals surface area contributed by atoms with E-state index < -0.39 is 4.84 Å². The van der Waals surface area contributed by atoms with Crippen LogP contribution in [0.2, 0.25) is 0 Å². The van der Waals surface area contributed by atoms with Crippen LogP contribution in [-0.4, -0.2) is 4.84 Å². The molecule has 0 aromatic heterocycles. The first kappa shape index (κ1) is 9.85. The molecular weight excluding hydrogens is 193 g/mol. The number of benzene rings is 1. The highest BCUT2D eigenvalue weighted by atomic mass is 35.5. The van der Waals surface area contributed by atoms with Crippen molar-refractivity contribution in [1.82, 2.24) is 0 Å². The summed E-state index contributed by atoms with van der Waals surface area (Å²) >= 11 is 11.3. The van der Waals surface area contributed by atoms with E-state index in [9.17, 15) is 0 Å². The summed E-state index contributed by atoms with van der Waals surface area (Å²) in [4.78, 5) is -0.548. The molecule has 66 valence electrons. The predicted octanol–water partition coefficient (Wildman–Crippen LogP) is 2.80. The van der Waals surface area contributed by atoms with Gasteiger partial charge in [-0.2, -0.15) is 0 Å². The Morgan fingerprint density at radius 2 is 1.67 bits per heavy atom. The van der Waals surface area contributed by atoms with Gasteiger partial charge in [0.25, 0.3) is 0 Å². The van der Waals surface area contributed by atoms with Gasteiger partial charge in [-0.15, -0.1) is 23.2 Å². The van der Waals surface area contributed by atoms with Crippen LogP contribution in [-0.2, 0) is 0 Å². The Hall–Kier alpha value is -0.240. The quantitative estimate of drug-likeness (QED) is 0.736. The highest BCUT2D eigenvalue weighted by molar-refractivity contribution is 6.44. The van der Waals surface area contributed by atoms with Crippen molar-refractivity contribution >= 4 is 23.2 Å². The SMILES string of the molecule is Cc1ccc(C(N)C(Cl)Cl)cc1. The number of aryl methyl sites for hydroxylation is 1. The Morgan fingerprint density at radius 3 is 2.08 bits per heavy atom. The summed E-state index contributed by atoms with van der Waals surface area (Å²) in [5.74, 6) is 0. The van der Waals surface area contributed by atoms with Gasteiger partial charge in [0.1, 0.15) is 4.84 Å². The van der Waals surface area contributed by atoms with Crippen molar-refractivity contribution in [2.24, 2.45) is 5.73 Å². The highest BCUT2D eigenvalue weighted by Gasteiger charge is 2.12. The molecule has 1 aromatic carbocycles. The summed E-state index contributed by atoms with van der Waals surface area (Å²) in [5, 5.41) is 0. The van der Waals surface area contributed by atoms with Crippen LogP contribution in [0, 0.1) is 6.92 Å². The lowest BCUT2D eigenvalue weighted by molar-refractivity contribution is 0.788. The molecule has 1 rings (SSSR count). The van der Waals surface area contributed by atoms with Gasteiger partial charge in [-0.3, -0.25) is 0 Å². The maximum absolute atomic E-state index is 5.72. The first-order chi connectivity index (χ1) is 5.61. The molecule has 12 heavy (non-hydrogen) atoms. The Bertz CT molecular complexity index is 243. The molecule has 0 amide bonds. The van der Waals surface area contributed by atoms with Crippen LogP contribution >= 0.6 is 23.2 Å². The molecule has 0 saturated heterocycles. The fourth-order valence-electron chi connectivity index (χ4n) is 0.934. The van der Waals surface area contributed by atoms with Gasteiger partial charge in [0, 0.05) is 0 Å². The number of alkyl halides is 2. The van der Waals surface area contributed by atoms with Gasteiger partial charge in [0.2, 0.25) is 0 Å². The van der Waals surface area contributed by atoms with Gasteiger partial charge in [-0.1, -0.05) is 29.8 Å². The average Bonchev–Trinajstić information content (AvgIpc) is 2.04. The first-order valence-corrected chi connectivity index (χ1v) is 4.59. The molecule has 0 heterocycles. The zero-order valence-corrected chi connectivity index (χ0v) is 8.31. The van der Waals surface area contributed by atoms with Gasteiger partial charge in [-0.25, -0.2) is 0 Å². The van der Waals surface area contributed by atoms with Crippen LogP contribution < -0.4 is 5.73 Å². The Kier molecular flexibility index (Phi) is 3.39. The van der Waals surface area contributed by atoms with E-state index in [1.807, 2.05) is 31.2 Å². The molecule has 0 saturated carbocycles. The minimum Gasteiger partial charge on any atom is -0.322 e.